The summed E-state index contributed by atoms with van der Waals surface area (Å²) in [5, 5.41) is 9.61. The molecule has 0 radical (unpaired) electrons. The molecule has 104 valence electrons. The van der Waals surface area contributed by atoms with Crippen molar-refractivity contribution in [3.8, 4) is 0 Å². The van der Waals surface area contributed by atoms with Crippen LogP contribution in [0, 0.1) is 6.92 Å². The fourth-order valence-corrected chi connectivity index (χ4v) is 1.81. The lowest BCUT2D eigenvalue weighted by atomic mass is 10.3. The standard InChI is InChI=1S/C12H20N6O/c1-8(2)17(4)6-5-13-10-7-11-15-16-12(19)18(11)9(3)14-10/h7-8,13H,5-6H2,1-4H3,(H,16,19). The van der Waals surface area contributed by atoms with E-state index in [0.29, 0.717) is 17.5 Å². The minimum atomic E-state index is -0.258. The van der Waals surface area contributed by atoms with Gasteiger partial charge in [-0.15, -0.1) is 0 Å². The quantitative estimate of drug-likeness (QED) is 0.821. The molecule has 0 unspecified atom stereocenters. The second-order valence-electron chi connectivity index (χ2n) is 4.91. The number of aromatic amines is 1. The Balaban J connectivity index is 2.08. The smallest absolute Gasteiger partial charge is 0.349 e. The molecule has 0 saturated heterocycles. The van der Waals surface area contributed by atoms with Gasteiger partial charge in [-0.05, 0) is 27.8 Å². The van der Waals surface area contributed by atoms with Crippen molar-refractivity contribution < 1.29 is 0 Å². The first-order chi connectivity index (χ1) is 8.99. The largest absolute Gasteiger partial charge is 0.369 e. The zero-order valence-corrected chi connectivity index (χ0v) is 11.8. The molecule has 2 aromatic rings. The summed E-state index contributed by atoms with van der Waals surface area (Å²) in [5.41, 5.74) is 0.323. The zero-order valence-electron chi connectivity index (χ0n) is 11.8. The van der Waals surface area contributed by atoms with Gasteiger partial charge in [-0.2, -0.15) is 5.10 Å². The third-order valence-corrected chi connectivity index (χ3v) is 3.22. The van der Waals surface area contributed by atoms with Gasteiger partial charge in [0, 0.05) is 25.2 Å². The monoisotopic (exact) mass is 264 g/mol. The minimum absolute atomic E-state index is 0.258. The average Bonchev–Trinajstić information content (AvgIpc) is 2.71. The van der Waals surface area contributed by atoms with E-state index in [9.17, 15) is 4.79 Å². The number of H-pyrrole nitrogens is 1. The molecule has 0 amide bonds. The molecule has 2 rings (SSSR count). The van der Waals surface area contributed by atoms with Crippen molar-refractivity contribution >= 4 is 11.5 Å². The van der Waals surface area contributed by atoms with Gasteiger partial charge in [0.1, 0.15) is 11.6 Å². The highest BCUT2D eigenvalue weighted by Gasteiger charge is 2.07. The Labute approximate surface area is 111 Å². The average molecular weight is 264 g/mol. The van der Waals surface area contributed by atoms with E-state index in [1.54, 1.807) is 13.0 Å². The van der Waals surface area contributed by atoms with Gasteiger partial charge in [-0.1, -0.05) is 0 Å². The summed E-state index contributed by atoms with van der Waals surface area (Å²) in [5.74, 6) is 1.36. The fraction of sp³-hybridized carbons (Fsp3) is 0.583. The molecule has 19 heavy (non-hydrogen) atoms. The molecule has 0 bridgehead atoms. The Morgan fingerprint density at radius 2 is 2.26 bits per heavy atom. The Hall–Kier alpha value is -1.89. The van der Waals surface area contributed by atoms with E-state index in [1.165, 1.54) is 4.40 Å². The second kappa shape index (κ2) is 5.40. The summed E-state index contributed by atoms with van der Waals surface area (Å²) in [4.78, 5) is 18.1. The van der Waals surface area contributed by atoms with Crippen LogP contribution in [0.3, 0.4) is 0 Å². The molecule has 0 saturated carbocycles. The van der Waals surface area contributed by atoms with E-state index < -0.39 is 0 Å². The van der Waals surface area contributed by atoms with Gasteiger partial charge < -0.3 is 10.2 Å². The molecule has 0 fully saturated rings. The molecule has 2 aromatic heterocycles. The number of hydrogen-bond donors (Lipinski definition) is 2. The Morgan fingerprint density at radius 1 is 1.53 bits per heavy atom. The maximum Gasteiger partial charge on any atom is 0.349 e. The topological polar surface area (TPSA) is 78.3 Å². The van der Waals surface area contributed by atoms with Crippen LogP contribution in [-0.2, 0) is 0 Å². The van der Waals surface area contributed by atoms with Crippen LogP contribution in [0.2, 0.25) is 0 Å². The molecular weight excluding hydrogens is 244 g/mol. The van der Waals surface area contributed by atoms with Crippen molar-refractivity contribution in [2.45, 2.75) is 26.8 Å². The lowest BCUT2D eigenvalue weighted by Gasteiger charge is -2.21. The van der Waals surface area contributed by atoms with Gasteiger partial charge in [-0.3, -0.25) is 0 Å². The summed E-state index contributed by atoms with van der Waals surface area (Å²) in [6.45, 7) is 7.83. The number of aryl methyl sites for hydroxylation is 1. The van der Waals surface area contributed by atoms with Gasteiger partial charge in [0.15, 0.2) is 5.65 Å². The SMILES string of the molecule is Cc1nc(NCCN(C)C(C)C)cc2n[nH]c(=O)n12. The highest BCUT2D eigenvalue weighted by molar-refractivity contribution is 5.49. The molecule has 0 aliphatic heterocycles. The van der Waals surface area contributed by atoms with Crippen LogP contribution in [0.5, 0.6) is 0 Å². The van der Waals surface area contributed by atoms with E-state index >= 15 is 0 Å². The highest BCUT2D eigenvalue weighted by Crippen LogP contribution is 2.07. The summed E-state index contributed by atoms with van der Waals surface area (Å²) in [6, 6.07) is 2.28. The predicted octanol–water partition coefficient (Wildman–Crippen LogP) is 0.478. The minimum Gasteiger partial charge on any atom is -0.369 e. The molecule has 2 N–H and O–H groups in total. The summed E-state index contributed by atoms with van der Waals surface area (Å²) < 4.78 is 1.45. The number of fused-ring (bicyclic) bond motifs is 1. The predicted molar refractivity (Wildman–Crippen MR) is 74.6 cm³/mol. The van der Waals surface area contributed by atoms with Crippen LogP contribution >= 0.6 is 0 Å². The molecule has 0 spiro atoms. The van der Waals surface area contributed by atoms with Crippen molar-refractivity contribution in [2.24, 2.45) is 0 Å². The first kappa shape index (κ1) is 13.5. The van der Waals surface area contributed by atoms with E-state index in [2.05, 4.69) is 46.3 Å². The first-order valence-electron chi connectivity index (χ1n) is 6.38. The van der Waals surface area contributed by atoms with Crippen LogP contribution in [0.25, 0.3) is 5.65 Å². The lowest BCUT2D eigenvalue weighted by molar-refractivity contribution is 0.284. The van der Waals surface area contributed by atoms with E-state index in [1.807, 2.05) is 0 Å². The fourth-order valence-electron chi connectivity index (χ4n) is 1.81. The molecule has 0 aromatic carbocycles. The number of likely N-dealkylation sites (N-methyl/N-ethyl adjacent to an activating group) is 1. The molecule has 7 heteroatoms. The maximum absolute atomic E-state index is 11.5. The highest BCUT2D eigenvalue weighted by atomic mass is 16.1. The molecule has 0 atom stereocenters. The van der Waals surface area contributed by atoms with Crippen molar-refractivity contribution in [1.82, 2.24) is 24.5 Å². The van der Waals surface area contributed by atoms with Gasteiger partial charge in [-0.25, -0.2) is 19.3 Å². The summed E-state index contributed by atoms with van der Waals surface area (Å²) in [7, 11) is 2.08. The molecule has 0 aliphatic rings. The van der Waals surface area contributed by atoms with E-state index in [4.69, 9.17) is 0 Å². The third kappa shape index (κ3) is 2.93. The Bertz CT molecular complexity index is 614. The molecule has 7 nitrogen and oxygen atoms in total. The third-order valence-electron chi connectivity index (χ3n) is 3.22. The van der Waals surface area contributed by atoms with Crippen molar-refractivity contribution in [2.75, 3.05) is 25.5 Å². The van der Waals surface area contributed by atoms with Crippen LogP contribution in [-0.4, -0.2) is 50.7 Å². The van der Waals surface area contributed by atoms with Gasteiger partial charge in [0.05, 0.1) is 0 Å². The van der Waals surface area contributed by atoms with Crippen molar-refractivity contribution in [3.63, 3.8) is 0 Å². The summed E-state index contributed by atoms with van der Waals surface area (Å²) in [6.07, 6.45) is 0. The molecule has 0 aliphatic carbocycles. The molecule has 2 heterocycles. The maximum atomic E-state index is 11.5. The number of nitrogens with one attached hydrogen (secondary N) is 2. The van der Waals surface area contributed by atoms with E-state index in [-0.39, 0.29) is 5.69 Å². The lowest BCUT2D eigenvalue weighted by Crippen LogP contribution is -2.31. The van der Waals surface area contributed by atoms with Crippen molar-refractivity contribution in [1.29, 1.82) is 0 Å². The normalized spacial score (nSPS) is 11.7. The van der Waals surface area contributed by atoms with Crippen LogP contribution in [0.15, 0.2) is 10.9 Å². The number of aromatic nitrogens is 4. The van der Waals surface area contributed by atoms with Crippen LogP contribution in [0.1, 0.15) is 19.7 Å². The summed E-state index contributed by atoms with van der Waals surface area (Å²) >= 11 is 0. The number of anilines is 1. The number of hydrogen-bond acceptors (Lipinski definition) is 5. The van der Waals surface area contributed by atoms with E-state index in [0.717, 1.165) is 18.9 Å². The number of nitrogens with zero attached hydrogens (tertiary/aromatic N) is 4. The Morgan fingerprint density at radius 3 is 2.95 bits per heavy atom. The van der Waals surface area contributed by atoms with Crippen molar-refractivity contribution in [3.05, 3.63) is 22.4 Å². The zero-order chi connectivity index (χ0) is 14.0. The van der Waals surface area contributed by atoms with Gasteiger partial charge in [0.2, 0.25) is 0 Å². The first-order valence-corrected chi connectivity index (χ1v) is 6.38. The van der Waals surface area contributed by atoms with Gasteiger partial charge in [0.25, 0.3) is 0 Å². The molecular formula is C12H20N6O. The van der Waals surface area contributed by atoms with Crippen LogP contribution in [0.4, 0.5) is 5.82 Å². The number of rotatable bonds is 5. The van der Waals surface area contributed by atoms with Crippen LogP contribution < -0.4 is 11.0 Å². The second-order valence-corrected chi connectivity index (χ2v) is 4.91. The van der Waals surface area contributed by atoms with Gasteiger partial charge >= 0.3 is 5.69 Å². The Kier molecular flexibility index (Phi) is 3.84.